The van der Waals surface area contributed by atoms with Gasteiger partial charge < -0.3 is 14.4 Å². The average molecular weight is 372 g/mol. The van der Waals surface area contributed by atoms with Crippen molar-refractivity contribution in [3.05, 3.63) is 36.1 Å². The Kier molecular flexibility index (Phi) is 5.98. The van der Waals surface area contributed by atoms with Gasteiger partial charge in [-0.15, -0.1) is 0 Å². The summed E-state index contributed by atoms with van der Waals surface area (Å²) in [5.41, 5.74) is 2.05. The number of fused-ring (bicyclic) bond motifs is 1. The van der Waals surface area contributed by atoms with Gasteiger partial charge in [0, 0.05) is 12.6 Å². The van der Waals surface area contributed by atoms with E-state index in [-0.39, 0.29) is 11.2 Å². The van der Waals surface area contributed by atoms with Crippen LogP contribution in [-0.4, -0.2) is 25.9 Å². The van der Waals surface area contributed by atoms with Crippen LogP contribution >= 0.6 is 11.8 Å². The average Bonchev–Trinajstić information content (AvgIpc) is 3.20. The number of unbranched alkanes of at least 4 members (excludes halogenated alkanes) is 1. The van der Waals surface area contributed by atoms with Crippen molar-refractivity contribution in [3.63, 3.8) is 0 Å². The minimum absolute atomic E-state index is 0.0635. The Morgan fingerprint density at radius 3 is 2.85 bits per heavy atom. The Bertz CT molecular complexity index is 887. The van der Waals surface area contributed by atoms with Crippen molar-refractivity contribution in [1.82, 2.24) is 14.7 Å². The quantitative estimate of drug-likeness (QED) is 0.583. The first-order valence-electron chi connectivity index (χ1n) is 8.98. The molecule has 2 aromatic heterocycles. The lowest BCUT2D eigenvalue weighted by Gasteiger charge is -2.15. The number of aromatic nitrogens is 3. The molecule has 1 unspecified atom stereocenters. The van der Waals surface area contributed by atoms with E-state index in [9.17, 15) is 4.79 Å². The highest BCUT2D eigenvalue weighted by Crippen LogP contribution is 2.30. The van der Waals surface area contributed by atoms with E-state index >= 15 is 0 Å². The zero-order chi connectivity index (χ0) is 18.5. The molecule has 0 bridgehead atoms. The number of thioether (sulfide) groups is 1. The minimum atomic E-state index is -0.228. The van der Waals surface area contributed by atoms with Crippen molar-refractivity contribution >= 4 is 34.5 Å². The third kappa shape index (κ3) is 4.09. The molecule has 0 saturated heterocycles. The molecule has 1 atom stereocenters. The van der Waals surface area contributed by atoms with Crippen LogP contribution in [-0.2, 0) is 11.3 Å². The minimum Gasteiger partial charge on any atom is -0.360 e. The standard InChI is InChI=1S/C19H24N4O2S/c1-4-6-11-16(18(24)21-17-12-13(3)25-22-17)26-19-20-14-9-7-8-10-15(14)23(19)5-2/h7-10,12,16H,4-6,11H2,1-3H3,(H,21,22,24). The summed E-state index contributed by atoms with van der Waals surface area (Å²) in [7, 11) is 0. The lowest BCUT2D eigenvalue weighted by molar-refractivity contribution is -0.115. The Morgan fingerprint density at radius 2 is 2.15 bits per heavy atom. The molecule has 138 valence electrons. The van der Waals surface area contributed by atoms with Gasteiger partial charge in [-0.25, -0.2) is 4.98 Å². The number of amides is 1. The predicted molar refractivity (Wildman–Crippen MR) is 104 cm³/mol. The van der Waals surface area contributed by atoms with E-state index in [1.807, 2.05) is 18.2 Å². The van der Waals surface area contributed by atoms with Gasteiger partial charge in [0.25, 0.3) is 0 Å². The molecule has 0 spiro atoms. The summed E-state index contributed by atoms with van der Waals surface area (Å²) in [6.07, 6.45) is 2.81. The fourth-order valence-corrected chi connectivity index (χ4v) is 4.05. The summed E-state index contributed by atoms with van der Waals surface area (Å²) in [4.78, 5) is 17.5. The molecular weight excluding hydrogens is 348 g/mol. The van der Waals surface area contributed by atoms with Gasteiger partial charge in [-0.1, -0.05) is 48.8 Å². The molecule has 0 aliphatic carbocycles. The molecule has 0 aliphatic rings. The second kappa shape index (κ2) is 8.40. The second-order valence-electron chi connectivity index (χ2n) is 6.19. The van der Waals surface area contributed by atoms with E-state index in [4.69, 9.17) is 9.51 Å². The van der Waals surface area contributed by atoms with Gasteiger partial charge in [0.15, 0.2) is 11.0 Å². The molecule has 3 aromatic rings. The van der Waals surface area contributed by atoms with Crippen LogP contribution in [0.3, 0.4) is 0 Å². The number of anilines is 1. The maximum absolute atomic E-state index is 12.8. The van der Waals surface area contributed by atoms with Gasteiger partial charge >= 0.3 is 0 Å². The molecule has 7 heteroatoms. The van der Waals surface area contributed by atoms with Gasteiger partial charge in [0.1, 0.15) is 5.76 Å². The van der Waals surface area contributed by atoms with Gasteiger partial charge in [-0.2, -0.15) is 0 Å². The normalized spacial score (nSPS) is 12.4. The van der Waals surface area contributed by atoms with E-state index in [1.165, 1.54) is 11.8 Å². The fourth-order valence-electron chi connectivity index (χ4n) is 2.84. The summed E-state index contributed by atoms with van der Waals surface area (Å²) in [6, 6.07) is 9.79. The van der Waals surface area contributed by atoms with Crippen molar-refractivity contribution in [3.8, 4) is 0 Å². The summed E-state index contributed by atoms with van der Waals surface area (Å²) < 4.78 is 7.19. The maximum Gasteiger partial charge on any atom is 0.239 e. The SMILES string of the molecule is CCCCC(Sc1nc2ccccc2n1CC)C(=O)Nc1cc(C)on1. The fraction of sp³-hybridized carbons (Fsp3) is 0.421. The van der Waals surface area contributed by atoms with Crippen LogP contribution in [0.4, 0.5) is 5.82 Å². The molecular formula is C19H24N4O2S. The highest BCUT2D eigenvalue weighted by Gasteiger charge is 2.23. The number of nitrogens with one attached hydrogen (secondary N) is 1. The third-order valence-corrected chi connectivity index (χ3v) is 5.43. The second-order valence-corrected chi connectivity index (χ2v) is 7.36. The number of hydrogen-bond donors (Lipinski definition) is 1. The summed E-state index contributed by atoms with van der Waals surface area (Å²) in [5.74, 6) is 1.07. The number of rotatable bonds is 8. The number of para-hydroxylation sites is 2. The molecule has 26 heavy (non-hydrogen) atoms. The third-order valence-electron chi connectivity index (χ3n) is 4.17. The lowest BCUT2D eigenvalue weighted by Crippen LogP contribution is -2.26. The van der Waals surface area contributed by atoms with Crippen LogP contribution in [0, 0.1) is 6.92 Å². The van der Waals surface area contributed by atoms with E-state index in [2.05, 4.69) is 35.0 Å². The van der Waals surface area contributed by atoms with E-state index < -0.39 is 0 Å². The molecule has 1 aromatic carbocycles. The Hall–Kier alpha value is -2.28. The number of aryl methyl sites for hydroxylation is 2. The monoisotopic (exact) mass is 372 g/mol. The lowest BCUT2D eigenvalue weighted by atomic mass is 10.2. The zero-order valence-electron chi connectivity index (χ0n) is 15.4. The number of hydrogen-bond acceptors (Lipinski definition) is 5. The summed E-state index contributed by atoms with van der Waals surface area (Å²) in [6.45, 7) is 6.84. The molecule has 1 N–H and O–H groups in total. The first-order chi connectivity index (χ1) is 12.6. The van der Waals surface area contributed by atoms with Crippen LogP contribution in [0.2, 0.25) is 0 Å². The van der Waals surface area contributed by atoms with Crippen molar-refractivity contribution in [2.75, 3.05) is 5.32 Å². The Morgan fingerprint density at radius 1 is 1.35 bits per heavy atom. The number of benzene rings is 1. The van der Waals surface area contributed by atoms with Gasteiger partial charge in [0.05, 0.1) is 16.3 Å². The molecule has 1 amide bonds. The van der Waals surface area contributed by atoms with Crippen molar-refractivity contribution in [2.45, 2.75) is 57.0 Å². The summed E-state index contributed by atoms with van der Waals surface area (Å²) >= 11 is 1.52. The van der Waals surface area contributed by atoms with E-state index in [0.717, 1.165) is 42.0 Å². The summed E-state index contributed by atoms with van der Waals surface area (Å²) in [5, 5.41) is 7.37. The molecule has 0 fully saturated rings. The first kappa shape index (κ1) is 18.5. The maximum atomic E-state index is 12.8. The largest absolute Gasteiger partial charge is 0.360 e. The van der Waals surface area contributed by atoms with Crippen LogP contribution < -0.4 is 5.32 Å². The van der Waals surface area contributed by atoms with Crippen molar-refractivity contribution < 1.29 is 9.32 Å². The van der Waals surface area contributed by atoms with Crippen LogP contribution in [0.5, 0.6) is 0 Å². The predicted octanol–water partition coefficient (Wildman–Crippen LogP) is 4.64. The molecule has 0 radical (unpaired) electrons. The number of nitrogens with zero attached hydrogens (tertiary/aromatic N) is 3. The molecule has 3 rings (SSSR count). The van der Waals surface area contributed by atoms with Crippen LogP contribution in [0.15, 0.2) is 40.0 Å². The molecule has 0 saturated carbocycles. The smallest absolute Gasteiger partial charge is 0.239 e. The van der Waals surface area contributed by atoms with Crippen LogP contribution in [0.25, 0.3) is 11.0 Å². The number of imidazole rings is 1. The highest BCUT2D eigenvalue weighted by molar-refractivity contribution is 8.00. The zero-order valence-corrected chi connectivity index (χ0v) is 16.2. The highest BCUT2D eigenvalue weighted by atomic mass is 32.2. The molecule has 0 aliphatic heterocycles. The van der Waals surface area contributed by atoms with E-state index in [0.29, 0.717) is 11.6 Å². The van der Waals surface area contributed by atoms with Crippen LogP contribution in [0.1, 0.15) is 38.9 Å². The van der Waals surface area contributed by atoms with E-state index in [1.54, 1.807) is 13.0 Å². The van der Waals surface area contributed by atoms with Gasteiger partial charge in [-0.3, -0.25) is 4.79 Å². The molecule has 2 heterocycles. The Balaban J connectivity index is 1.82. The first-order valence-corrected chi connectivity index (χ1v) is 9.86. The number of carbonyl (C=O) groups is 1. The van der Waals surface area contributed by atoms with Crippen molar-refractivity contribution in [2.24, 2.45) is 0 Å². The topological polar surface area (TPSA) is 73.0 Å². The Labute approximate surface area is 157 Å². The van der Waals surface area contributed by atoms with Crippen molar-refractivity contribution in [1.29, 1.82) is 0 Å². The van der Waals surface area contributed by atoms with Gasteiger partial charge in [0.2, 0.25) is 5.91 Å². The molecule has 6 nitrogen and oxygen atoms in total. The number of carbonyl (C=O) groups excluding carboxylic acids is 1. The van der Waals surface area contributed by atoms with Gasteiger partial charge in [-0.05, 0) is 32.4 Å².